The van der Waals surface area contributed by atoms with Gasteiger partial charge in [0.2, 0.25) is 0 Å². The number of aliphatic hydroxyl groups excluding tert-OH is 8. The molecule has 2 aliphatic heterocycles. The van der Waals surface area contributed by atoms with Crippen molar-refractivity contribution >= 4 is 5.97 Å². The lowest BCUT2D eigenvalue weighted by Crippen LogP contribution is -2.63. The van der Waals surface area contributed by atoms with E-state index in [1.54, 1.807) is 6.92 Å². The summed E-state index contributed by atoms with van der Waals surface area (Å²) in [6.45, 7) is 13.5. The first-order chi connectivity index (χ1) is 25.8. The molecule has 6 aliphatic rings. The Bertz CT molecular complexity index is 1300. The van der Waals surface area contributed by atoms with E-state index < -0.39 is 97.2 Å². The zero-order chi connectivity index (χ0) is 40.3. The number of carbonyl (C=O) groups is 1. The van der Waals surface area contributed by atoms with Gasteiger partial charge in [-0.15, -0.1) is 0 Å². The average molecular weight is 787 g/mol. The van der Waals surface area contributed by atoms with Crippen LogP contribution in [0.4, 0.5) is 0 Å². The summed E-state index contributed by atoms with van der Waals surface area (Å²) in [7, 11) is 0. The third-order valence-corrected chi connectivity index (χ3v) is 15.5. The van der Waals surface area contributed by atoms with Gasteiger partial charge in [-0.2, -0.15) is 0 Å². The van der Waals surface area contributed by atoms with E-state index in [1.165, 1.54) is 6.92 Å². The van der Waals surface area contributed by atoms with Crippen LogP contribution in [0.15, 0.2) is 0 Å². The molecule has 4 saturated carbocycles. The van der Waals surface area contributed by atoms with Crippen molar-refractivity contribution in [3.8, 4) is 0 Å². The van der Waals surface area contributed by atoms with Crippen molar-refractivity contribution in [3.63, 3.8) is 0 Å². The van der Waals surface area contributed by atoms with E-state index in [4.69, 9.17) is 23.7 Å². The number of ether oxygens (including phenoxy) is 5. The van der Waals surface area contributed by atoms with Gasteiger partial charge in [-0.1, -0.05) is 34.6 Å². The summed E-state index contributed by atoms with van der Waals surface area (Å²) in [5, 5.41) is 87.4. The fraction of sp³-hybridized carbons (Fsp3) is 0.976. The van der Waals surface area contributed by atoms with E-state index in [0.717, 1.165) is 32.1 Å². The normalized spacial score (nSPS) is 51.1. The molecule has 14 nitrogen and oxygen atoms in total. The van der Waals surface area contributed by atoms with Crippen molar-refractivity contribution in [2.75, 3.05) is 6.61 Å². The van der Waals surface area contributed by atoms with Gasteiger partial charge in [-0.3, -0.25) is 4.79 Å². The molecule has 2 heterocycles. The van der Waals surface area contributed by atoms with Gasteiger partial charge in [0.05, 0.1) is 30.5 Å². The second-order valence-corrected chi connectivity index (χ2v) is 19.1. The topological polar surface area (TPSA) is 225 Å². The van der Waals surface area contributed by atoms with Crippen LogP contribution in [0.2, 0.25) is 0 Å². The fourth-order valence-electron chi connectivity index (χ4n) is 12.4. The smallest absolute Gasteiger partial charge is 0.302 e. The minimum atomic E-state index is -1.59. The van der Waals surface area contributed by atoms with Gasteiger partial charge < -0.3 is 64.5 Å². The van der Waals surface area contributed by atoms with E-state index >= 15 is 0 Å². The van der Waals surface area contributed by atoms with Gasteiger partial charge in [0.15, 0.2) is 12.6 Å². The van der Waals surface area contributed by atoms with Gasteiger partial charge in [0.25, 0.3) is 0 Å². The van der Waals surface area contributed by atoms with Crippen LogP contribution in [0, 0.1) is 52.3 Å². The van der Waals surface area contributed by atoms with E-state index in [1.807, 2.05) is 0 Å². The molecule has 6 fully saturated rings. The average Bonchev–Trinajstić information content (AvgIpc) is 3.43. The molecule has 0 aromatic rings. The molecule has 318 valence electrons. The Morgan fingerprint density at radius 3 is 2.09 bits per heavy atom. The lowest BCUT2D eigenvalue weighted by molar-refractivity contribution is -0.328. The largest absolute Gasteiger partial charge is 0.463 e. The van der Waals surface area contributed by atoms with Gasteiger partial charge >= 0.3 is 5.97 Å². The zero-order valence-corrected chi connectivity index (χ0v) is 33.7. The van der Waals surface area contributed by atoms with E-state index in [9.17, 15) is 45.6 Å². The maximum atomic E-state index is 11.7. The third kappa shape index (κ3) is 8.15. The van der Waals surface area contributed by atoms with Gasteiger partial charge in [0.1, 0.15) is 49.3 Å². The summed E-state index contributed by atoms with van der Waals surface area (Å²) in [5.41, 5.74) is -0.675. The molecule has 0 bridgehead atoms. The van der Waals surface area contributed by atoms with Crippen LogP contribution < -0.4 is 0 Å². The lowest BCUT2D eigenvalue weighted by atomic mass is 9.43. The van der Waals surface area contributed by atoms with E-state index in [0.29, 0.717) is 31.6 Å². The predicted octanol–water partition coefficient (Wildman–Crippen LogP) is 1.63. The third-order valence-electron chi connectivity index (χ3n) is 15.5. The second kappa shape index (κ2) is 16.9. The number of hydrogen-bond donors (Lipinski definition) is 8. The highest BCUT2D eigenvalue weighted by Gasteiger charge is 2.66. The Kier molecular flexibility index (Phi) is 13.4. The molecular formula is C41H70O14. The molecule has 0 unspecified atom stereocenters. The number of hydrogen-bond acceptors (Lipinski definition) is 14. The van der Waals surface area contributed by atoms with E-state index in [2.05, 4.69) is 34.6 Å². The van der Waals surface area contributed by atoms with Gasteiger partial charge in [0, 0.05) is 13.3 Å². The highest BCUT2D eigenvalue weighted by Crippen LogP contribution is 2.69. The summed E-state index contributed by atoms with van der Waals surface area (Å²) in [4.78, 5) is 11.6. The number of aliphatic hydroxyl groups is 8. The summed E-state index contributed by atoms with van der Waals surface area (Å²) >= 11 is 0. The summed E-state index contributed by atoms with van der Waals surface area (Å²) < 4.78 is 30.4. The van der Waals surface area contributed by atoms with Crippen LogP contribution in [0.3, 0.4) is 0 Å². The molecule has 0 radical (unpaired) electrons. The minimum absolute atomic E-state index is 0.140. The van der Waals surface area contributed by atoms with Crippen molar-refractivity contribution in [1.29, 1.82) is 0 Å². The Labute approximate surface area is 325 Å². The highest BCUT2D eigenvalue weighted by atomic mass is 16.7. The van der Waals surface area contributed by atoms with Crippen molar-refractivity contribution in [3.05, 3.63) is 0 Å². The monoisotopic (exact) mass is 786 g/mol. The van der Waals surface area contributed by atoms with Crippen molar-refractivity contribution in [1.82, 2.24) is 0 Å². The summed E-state index contributed by atoms with van der Waals surface area (Å²) in [6.07, 6.45) is -8.71. The van der Waals surface area contributed by atoms with Crippen molar-refractivity contribution in [2.24, 2.45) is 52.3 Å². The molecule has 6 rings (SSSR count). The van der Waals surface area contributed by atoms with Gasteiger partial charge in [-0.25, -0.2) is 0 Å². The molecule has 55 heavy (non-hydrogen) atoms. The second-order valence-electron chi connectivity index (χ2n) is 19.1. The highest BCUT2D eigenvalue weighted by molar-refractivity contribution is 5.65. The first kappa shape index (κ1) is 43.6. The standard InChI is InChI=1S/C41H70O14/c1-18(2)8-11-27(44)19(3)31-28(53-39-37(50)35(48)33(46)29(54-39)17-51-21(5)42)16-26-24-10-9-22-14-23(43)15-30(41(22,7)25(24)12-13-40(26,31)6)55-38-36(49)34(47)32(45)20(4)52-38/h18-20,22-39,43-50H,8-17H2,1-7H3/t19-,20+,22+,23-,24-,25+,26+,27+,28+,29-,30-,31+,32+,33-,34-,35+,36-,37-,38+,39-,40+,41+/m1/s1. The Morgan fingerprint density at radius 2 is 1.44 bits per heavy atom. The number of rotatable bonds is 11. The molecule has 0 spiro atoms. The lowest BCUT2D eigenvalue weighted by Gasteiger charge is -2.63. The van der Waals surface area contributed by atoms with Crippen molar-refractivity contribution in [2.45, 2.75) is 192 Å². The van der Waals surface area contributed by atoms with E-state index in [-0.39, 0.29) is 47.5 Å². The summed E-state index contributed by atoms with van der Waals surface area (Å²) in [6, 6.07) is 0. The molecule has 8 N–H and O–H groups in total. The number of fused-ring (bicyclic) bond motifs is 5. The Balaban J connectivity index is 1.29. The predicted molar refractivity (Wildman–Crippen MR) is 197 cm³/mol. The Hall–Kier alpha value is -1.01. The van der Waals surface area contributed by atoms with Crippen LogP contribution in [0.5, 0.6) is 0 Å². The van der Waals surface area contributed by atoms with Gasteiger partial charge in [-0.05, 0) is 111 Å². The molecule has 0 aromatic carbocycles. The quantitative estimate of drug-likeness (QED) is 0.140. The molecule has 22 atom stereocenters. The van der Waals surface area contributed by atoms with Crippen LogP contribution in [0.1, 0.15) is 106 Å². The van der Waals surface area contributed by atoms with Crippen LogP contribution >= 0.6 is 0 Å². The molecule has 4 aliphatic carbocycles. The fourth-order valence-corrected chi connectivity index (χ4v) is 12.4. The zero-order valence-electron chi connectivity index (χ0n) is 33.7. The SMILES string of the molecule is CC(=O)OC[C@H]1O[C@@H](O[C@H]2C[C@H]3[C@@H]4CC[C@H]5C[C@@H](O)C[C@@H](O[C@@H]6O[C@@H](C)[C@H](O)[C@@H](O)[C@H]6O)[C@]5(C)[C@H]4CC[C@]3(C)[C@H]2[C@H](C)[C@@H](O)CCC(C)C)[C@H](O)[C@@H](O)[C@@H]1O. The maximum Gasteiger partial charge on any atom is 0.302 e. The summed E-state index contributed by atoms with van der Waals surface area (Å²) in [5.74, 6) is 0.226. The molecule has 2 saturated heterocycles. The van der Waals surface area contributed by atoms with Crippen LogP contribution in [-0.4, -0.2) is 139 Å². The Morgan fingerprint density at radius 1 is 0.782 bits per heavy atom. The minimum Gasteiger partial charge on any atom is -0.463 e. The first-order valence-corrected chi connectivity index (χ1v) is 21.0. The van der Waals surface area contributed by atoms with Crippen molar-refractivity contribution < 1.29 is 69.3 Å². The maximum absolute atomic E-state index is 11.7. The number of carbonyl (C=O) groups excluding carboxylic acids is 1. The molecule has 14 heteroatoms. The molecular weight excluding hydrogens is 716 g/mol. The number of esters is 1. The van der Waals surface area contributed by atoms with Crippen LogP contribution in [0.25, 0.3) is 0 Å². The molecule has 0 aromatic heterocycles. The first-order valence-electron chi connectivity index (χ1n) is 21.0. The molecule has 0 amide bonds. The van der Waals surface area contributed by atoms with Crippen LogP contribution in [-0.2, 0) is 28.5 Å².